The standard InChI is InChI=1S/C19H28N6O2/c1-4-5-10-23(3)18-14(2)22-16-7-6-15(13-25(16)18)17(26)20-8-11-24-12-9-21-19(24)27/h6-7,13H,4-5,8-12H2,1-3H3,(H,20,26)(H,21,27). The van der Waals surface area contributed by atoms with Gasteiger partial charge in [-0.15, -0.1) is 0 Å². The number of hydrogen-bond donors (Lipinski definition) is 2. The van der Waals surface area contributed by atoms with Gasteiger partial charge in [0.2, 0.25) is 0 Å². The lowest BCUT2D eigenvalue weighted by atomic mass is 10.2. The number of anilines is 1. The van der Waals surface area contributed by atoms with Gasteiger partial charge in [0, 0.05) is 46.0 Å². The molecule has 0 unspecified atom stereocenters. The molecule has 2 aromatic rings. The monoisotopic (exact) mass is 372 g/mol. The van der Waals surface area contributed by atoms with E-state index in [-0.39, 0.29) is 11.9 Å². The first-order chi connectivity index (χ1) is 13.0. The van der Waals surface area contributed by atoms with Gasteiger partial charge in [0.05, 0.1) is 11.3 Å². The van der Waals surface area contributed by atoms with Crippen molar-refractivity contribution in [3.8, 4) is 0 Å². The van der Waals surface area contributed by atoms with Crippen LogP contribution in [0.2, 0.25) is 0 Å². The summed E-state index contributed by atoms with van der Waals surface area (Å²) in [5.41, 5.74) is 2.36. The van der Waals surface area contributed by atoms with Crippen LogP contribution in [0.15, 0.2) is 18.3 Å². The van der Waals surface area contributed by atoms with E-state index in [0.29, 0.717) is 31.7 Å². The average molecular weight is 372 g/mol. The summed E-state index contributed by atoms with van der Waals surface area (Å²) in [5.74, 6) is 0.867. The van der Waals surface area contributed by atoms with Gasteiger partial charge in [-0.3, -0.25) is 9.20 Å². The SMILES string of the molecule is CCCCN(C)c1c(C)nc2ccc(C(=O)NCCN3CCNC3=O)cn12. The average Bonchev–Trinajstić information content (AvgIpc) is 3.21. The molecule has 27 heavy (non-hydrogen) atoms. The molecule has 1 saturated heterocycles. The summed E-state index contributed by atoms with van der Waals surface area (Å²) < 4.78 is 1.98. The summed E-state index contributed by atoms with van der Waals surface area (Å²) in [6, 6.07) is 3.59. The van der Waals surface area contributed by atoms with Crippen molar-refractivity contribution >= 4 is 23.4 Å². The molecule has 8 nitrogen and oxygen atoms in total. The molecule has 0 aliphatic carbocycles. The fourth-order valence-electron chi connectivity index (χ4n) is 3.38. The molecule has 0 bridgehead atoms. The number of carbonyl (C=O) groups excluding carboxylic acids is 2. The van der Waals surface area contributed by atoms with Crippen LogP contribution in [0.5, 0.6) is 0 Å². The van der Waals surface area contributed by atoms with Gasteiger partial charge in [0.25, 0.3) is 5.91 Å². The lowest BCUT2D eigenvalue weighted by molar-refractivity contribution is 0.0950. The van der Waals surface area contributed by atoms with E-state index in [4.69, 9.17) is 0 Å². The third kappa shape index (κ3) is 4.15. The van der Waals surface area contributed by atoms with Gasteiger partial charge in [0.1, 0.15) is 11.5 Å². The van der Waals surface area contributed by atoms with Crippen molar-refractivity contribution in [2.45, 2.75) is 26.7 Å². The van der Waals surface area contributed by atoms with Crippen LogP contribution in [-0.2, 0) is 0 Å². The Labute approximate surface area is 159 Å². The Hall–Kier alpha value is -2.77. The molecule has 1 aliphatic rings. The second-order valence-corrected chi connectivity index (χ2v) is 6.92. The van der Waals surface area contributed by atoms with Crippen molar-refractivity contribution in [1.29, 1.82) is 0 Å². The minimum absolute atomic E-state index is 0.0701. The third-order valence-corrected chi connectivity index (χ3v) is 4.84. The number of fused-ring (bicyclic) bond motifs is 1. The van der Waals surface area contributed by atoms with Crippen molar-refractivity contribution in [2.75, 3.05) is 44.7 Å². The van der Waals surface area contributed by atoms with Crippen LogP contribution in [0.1, 0.15) is 35.8 Å². The topological polar surface area (TPSA) is 82.0 Å². The number of pyridine rings is 1. The molecule has 0 atom stereocenters. The summed E-state index contributed by atoms with van der Waals surface area (Å²) >= 11 is 0. The van der Waals surface area contributed by atoms with Crippen LogP contribution in [0, 0.1) is 6.92 Å². The van der Waals surface area contributed by atoms with Crippen LogP contribution in [0.4, 0.5) is 10.6 Å². The second kappa shape index (κ2) is 8.28. The molecule has 3 heterocycles. The number of amides is 3. The summed E-state index contributed by atoms with van der Waals surface area (Å²) in [6.45, 7) is 7.39. The van der Waals surface area contributed by atoms with Crippen LogP contribution in [0.25, 0.3) is 5.65 Å². The Morgan fingerprint density at radius 3 is 2.93 bits per heavy atom. The smallest absolute Gasteiger partial charge is 0.317 e. The van der Waals surface area contributed by atoms with E-state index in [2.05, 4.69) is 34.5 Å². The van der Waals surface area contributed by atoms with Crippen LogP contribution in [-0.4, -0.2) is 66.0 Å². The molecule has 8 heteroatoms. The maximum atomic E-state index is 12.5. The Balaban J connectivity index is 1.70. The summed E-state index contributed by atoms with van der Waals surface area (Å²) in [5, 5.41) is 5.65. The zero-order chi connectivity index (χ0) is 19.4. The largest absolute Gasteiger partial charge is 0.359 e. The number of aryl methyl sites for hydroxylation is 1. The molecule has 3 rings (SSSR count). The highest BCUT2D eigenvalue weighted by Crippen LogP contribution is 2.22. The lowest BCUT2D eigenvalue weighted by Crippen LogP contribution is -2.36. The van der Waals surface area contributed by atoms with Crippen molar-refractivity contribution in [3.63, 3.8) is 0 Å². The predicted molar refractivity (Wildman–Crippen MR) is 105 cm³/mol. The molecule has 0 spiro atoms. The number of rotatable bonds is 8. The van der Waals surface area contributed by atoms with Crippen molar-refractivity contribution in [2.24, 2.45) is 0 Å². The predicted octanol–water partition coefficient (Wildman–Crippen LogP) is 1.63. The number of imidazole rings is 1. The number of nitrogens with zero attached hydrogens (tertiary/aromatic N) is 4. The maximum absolute atomic E-state index is 12.5. The molecule has 0 radical (unpaired) electrons. The molecule has 1 aliphatic heterocycles. The fraction of sp³-hybridized carbons (Fsp3) is 0.526. The van der Waals surface area contributed by atoms with E-state index in [9.17, 15) is 9.59 Å². The first-order valence-corrected chi connectivity index (χ1v) is 9.52. The highest BCUT2D eigenvalue weighted by atomic mass is 16.2. The molecule has 2 aromatic heterocycles. The minimum atomic E-state index is -0.148. The Bertz CT molecular complexity index is 831. The number of nitrogens with one attached hydrogen (secondary N) is 2. The van der Waals surface area contributed by atoms with E-state index >= 15 is 0 Å². The zero-order valence-corrected chi connectivity index (χ0v) is 16.3. The highest BCUT2D eigenvalue weighted by Gasteiger charge is 2.19. The first-order valence-electron chi connectivity index (χ1n) is 9.52. The van der Waals surface area contributed by atoms with Gasteiger partial charge in [0.15, 0.2) is 0 Å². The van der Waals surface area contributed by atoms with Crippen LogP contribution >= 0.6 is 0 Å². The zero-order valence-electron chi connectivity index (χ0n) is 16.3. The fourth-order valence-corrected chi connectivity index (χ4v) is 3.38. The van der Waals surface area contributed by atoms with E-state index in [1.807, 2.05) is 23.6 Å². The number of unbranched alkanes of at least 4 members (excludes halogenated alkanes) is 1. The molecule has 3 amide bonds. The minimum Gasteiger partial charge on any atom is -0.359 e. The molecular weight excluding hydrogens is 344 g/mol. The van der Waals surface area contributed by atoms with Gasteiger partial charge in [-0.25, -0.2) is 9.78 Å². The summed E-state index contributed by atoms with van der Waals surface area (Å²) in [4.78, 5) is 32.5. The summed E-state index contributed by atoms with van der Waals surface area (Å²) in [7, 11) is 2.06. The van der Waals surface area contributed by atoms with Gasteiger partial charge in [-0.05, 0) is 25.5 Å². The quantitative estimate of drug-likeness (QED) is 0.738. The van der Waals surface area contributed by atoms with Gasteiger partial charge < -0.3 is 20.4 Å². The van der Waals surface area contributed by atoms with Gasteiger partial charge >= 0.3 is 6.03 Å². The Morgan fingerprint density at radius 2 is 2.22 bits per heavy atom. The Kier molecular flexibility index (Phi) is 5.83. The third-order valence-electron chi connectivity index (χ3n) is 4.84. The first kappa shape index (κ1) is 19.0. The molecule has 0 aromatic carbocycles. The van der Waals surface area contributed by atoms with E-state index < -0.39 is 0 Å². The van der Waals surface area contributed by atoms with Crippen molar-refractivity contribution in [3.05, 3.63) is 29.6 Å². The van der Waals surface area contributed by atoms with Gasteiger partial charge in [-0.1, -0.05) is 13.3 Å². The second-order valence-electron chi connectivity index (χ2n) is 6.92. The normalized spacial score (nSPS) is 13.9. The molecule has 0 saturated carbocycles. The van der Waals surface area contributed by atoms with E-state index in [1.165, 1.54) is 0 Å². The molecule has 1 fully saturated rings. The van der Waals surface area contributed by atoms with Crippen molar-refractivity contribution in [1.82, 2.24) is 24.9 Å². The molecular formula is C19H28N6O2. The van der Waals surface area contributed by atoms with Crippen molar-refractivity contribution < 1.29 is 9.59 Å². The Morgan fingerprint density at radius 1 is 1.41 bits per heavy atom. The number of urea groups is 1. The number of hydrogen-bond acceptors (Lipinski definition) is 4. The maximum Gasteiger partial charge on any atom is 0.317 e. The highest BCUT2D eigenvalue weighted by molar-refractivity contribution is 5.94. The van der Waals surface area contributed by atoms with E-state index in [1.54, 1.807) is 11.0 Å². The number of carbonyl (C=O) groups is 2. The van der Waals surface area contributed by atoms with Crippen LogP contribution < -0.4 is 15.5 Å². The molecule has 146 valence electrons. The van der Waals surface area contributed by atoms with E-state index in [0.717, 1.165) is 36.5 Å². The molecule has 2 N–H and O–H groups in total. The number of aromatic nitrogens is 2. The van der Waals surface area contributed by atoms with Crippen LogP contribution in [0.3, 0.4) is 0 Å². The van der Waals surface area contributed by atoms with Gasteiger partial charge in [-0.2, -0.15) is 0 Å². The lowest BCUT2D eigenvalue weighted by Gasteiger charge is -2.19. The summed E-state index contributed by atoms with van der Waals surface area (Å²) in [6.07, 6.45) is 4.07.